The first-order valence-electron chi connectivity index (χ1n) is 5.57. The highest BCUT2D eigenvalue weighted by atomic mass is 32.1. The van der Waals surface area contributed by atoms with Crippen LogP contribution in [0.2, 0.25) is 0 Å². The van der Waals surface area contributed by atoms with Gasteiger partial charge in [0.25, 0.3) is 0 Å². The van der Waals surface area contributed by atoms with E-state index in [0.29, 0.717) is 6.04 Å². The molecule has 2 aromatic heterocycles. The van der Waals surface area contributed by atoms with E-state index in [1.165, 1.54) is 11.5 Å². The van der Waals surface area contributed by atoms with Crippen molar-refractivity contribution in [1.29, 1.82) is 0 Å². The number of hydrogen-bond acceptors (Lipinski definition) is 6. The zero-order chi connectivity index (χ0) is 12.4. The molecule has 0 spiro atoms. The van der Waals surface area contributed by atoms with Gasteiger partial charge < -0.3 is 10.2 Å². The number of fused-ring (bicyclic) bond motifs is 1. The van der Waals surface area contributed by atoms with Crippen LogP contribution in [0.15, 0.2) is 6.33 Å². The summed E-state index contributed by atoms with van der Waals surface area (Å²) in [5, 5.41) is 4.41. The highest BCUT2D eigenvalue weighted by Crippen LogP contribution is 2.25. The molecule has 0 aromatic carbocycles. The van der Waals surface area contributed by atoms with Gasteiger partial charge >= 0.3 is 0 Å². The van der Waals surface area contributed by atoms with E-state index in [1.807, 2.05) is 6.92 Å². The predicted molar refractivity (Wildman–Crippen MR) is 71.6 cm³/mol. The van der Waals surface area contributed by atoms with E-state index in [1.54, 1.807) is 6.33 Å². The number of likely N-dealkylation sites (N-methyl/N-ethyl adjacent to an activating group) is 1. The highest BCUT2D eigenvalue weighted by Gasteiger charge is 2.11. The molecule has 17 heavy (non-hydrogen) atoms. The number of nitrogens with zero attached hydrogens (tertiary/aromatic N) is 4. The Hall–Kier alpha value is -1.27. The number of hydrogen-bond donors (Lipinski definition) is 1. The van der Waals surface area contributed by atoms with E-state index in [9.17, 15) is 0 Å². The number of aryl methyl sites for hydroxylation is 1. The first-order chi connectivity index (χ1) is 8.09. The fourth-order valence-corrected chi connectivity index (χ4v) is 2.23. The Bertz CT molecular complexity index is 508. The second kappa shape index (κ2) is 4.93. The van der Waals surface area contributed by atoms with E-state index in [4.69, 9.17) is 0 Å². The quantitative estimate of drug-likeness (QED) is 0.897. The molecular formula is C11H17N5S. The first-order valence-corrected chi connectivity index (χ1v) is 6.34. The summed E-state index contributed by atoms with van der Waals surface area (Å²) in [7, 11) is 4.14. The molecule has 2 heterocycles. The highest BCUT2D eigenvalue weighted by molar-refractivity contribution is 7.13. The Kier molecular flexibility index (Phi) is 3.54. The van der Waals surface area contributed by atoms with Gasteiger partial charge in [0, 0.05) is 12.6 Å². The summed E-state index contributed by atoms with van der Waals surface area (Å²) in [6.07, 6.45) is 1.59. The molecule has 0 amide bonds. The van der Waals surface area contributed by atoms with Crippen LogP contribution in [-0.4, -0.2) is 45.9 Å². The molecule has 1 N–H and O–H groups in total. The molecule has 5 nitrogen and oxygen atoms in total. The van der Waals surface area contributed by atoms with Crippen molar-refractivity contribution in [2.45, 2.75) is 19.9 Å². The molecule has 0 saturated carbocycles. The molecule has 0 radical (unpaired) electrons. The standard InChI is InChI=1S/C11H17N5S/c1-7(16(3)4)5-12-10-9-8(2)15-17-11(9)14-6-13-10/h6-7H,5H2,1-4H3,(H,12,13,14). The van der Waals surface area contributed by atoms with Gasteiger partial charge in [0.15, 0.2) is 0 Å². The Balaban J connectivity index is 2.21. The number of aromatic nitrogens is 3. The van der Waals surface area contributed by atoms with E-state index >= 15 is 0 Å². The minimum Gasteiger partial charge on any atom is -0.368 e. The molecule has 0 aliphatic heterocycles. The van der Waals surface area contributed by atoms with Gasteiger partial charge in [-0.2, -0.15) is 4.37 Å². The van der Waals surface area contributed by atoms with Crippen LogP contribution in [0, 0.1) is 6.92 Å². The third-order valence-electron chi connectivity index (χ3n) is 2.89. The van der Waals surface area contributed by atoms with Crippen LogP contribution in [-0.2, 0) is 0 Å². The van der Waals surface area contributed by atoms with E-state index < -0.39 is 0 Å². The van der Waals surface area contributed by atoms with Crippen molar-refractivity contribution in [3.05, 3.63) is 12.0 Å². The summed E-state index contributed by atoms with van der Waals surface area (Å²) in [5.41, 5.74) is 0.991. The molecule has 0 aliphatic rings. The third-order valence-corrected chi connectivity index (χ3v) is 3.74. The van der Waals surface area contributed by atoms with Gasteiger partial charge in [0.05, 0.1) is 11.1 Å². The second-order valence-electron chi connectivity index (χ2n) is 4.36. The van der Waals surface area contributed by atoms with Crippen molar-refractivity contribution < 1.29 is 0 Å². The van der Waals surface area contributed by atoms with Crippen molar-refractivity contribution in [3.63, 3.8) is 0 Å². The van der Waals surface area contributed by atoms with E-state index in [2.05, 4.69) is 45.6 Å². The molecule has 0 aliphatic carbocycles. The fourth-order valence-electron chi connectivity index (χ4n) is 1.48. The van der Waals surface area contributed by atoms with Crippen molar-refractivity contribution in [2.75, 3.05) is 26.0 Å². The van der Waals surface area contributed by atoms with E-state index in [0.717, 1.165) is 28.3 Å². The van der Waals surface area contributed by atoms with Crippen molar-refractivity contribution in [2.24, 2.45) is 0 Å². The van der Waals surface area contributed by atoms with Crippen LogP contribution in [0.25, 0.3) is 10.2 Å². The third kappa shape index (κ3) is 2.53. The molecule has 92 valence electrons. The van der Waals surface area contributed by atoms with Crippen molar-refractivity contribution >= 4 is 27.6 Å². The summed E-state index contributed by atoms with van der Waals surface area (Å²) in [6.45, 7) is 5.02. The van der Waals surface area contributed by atoms with Crippen molar-refractivity contribution in [1.82, 2.24) is 19.2 Å². The lowest BCUT2D eigenvalue weighted by Gasteiger charge is -2.20. The zero-order valence-electron chi connectivity index (χ0n) is 10.6. The summed E-state index contributed by atoms with van der Waals surface area (Å²) < 4.78 is 4.31. The minimum atomic E-state index is 0.451. The first kappa shape index (κ1) is 12.2. The largest absolute Gasteiger partial charge is 0.368 e. The summed E-state index contributed by atoms with van der Waals surface area (Å²) >= 11 is 1.42. The number of anilines is 1. The lowest BCUT2D eigenvalue weighted by Crippen LogP contribution is -2.31. The van der Waals surface area contributed by atoms with Gasteiger partial charge in [0.2, 0.25) is 0 Å². The average molecular weight is 251 g/mol. The van der Waals surface area contributed by atoms with Gasteiger partial charge in [-0.05, 0) is 39.5 Å². The van der Waals surface area contributed by atoms with Gasteiger partial charge in [-0.1, -0.05) is 0 Å². The Morgan fingerprint density at radius 2 is 2.18 bits per heavy atom. The predicted octanol–water partition coefficient (Wildman–Crippen LogP) is 1.76. The molecule has 2 rings (SSSR count). The molecular weight excluding hydrogens is 234 g/mol. The normalized spacial score (nSPS) is 13.2. The van der Waals surface area contributed by atoms with Gasteiger partial charge in [-0.3, -0.25) is 0 Å². The minimum absolute atomic E-state index is 0.451. The Morgan fingerprint density at radius 1 is 1.41 bits per heavy atom. The van der Waals surface area contributed by atoms with Crippen LogP contribution >= 0.6 is 11.5 Å². The fraction of sp³-hybridized carbons (Fsp3) is 0.545. The maximum Gasteiger partial charge on any atom is 0.149 e. The summed E-state index contributed by atoms with van der Waals surface area (Å²) in [4.78, 5) is 11.6. The maximum atomic E-state index is 4.31. The molecule has 6 heteroatoms. The van der Waals surface area contributed by atoms with Gasteiger partial charge in [-0.25, -0.2) is 9.97 Å². The number of nitrogens with one attached hydrogen (secondary N) is 1. The monoisotopic (exact) mass is 251 g/mol. The van der Waals surface area contributed by atoms with Gasteiger partial charge in [0.1, 0.15) is 17.0 Å². The molecule has 0 saturated heterocycles. The van der Waals surface area contributed by atoms with Crippen LogP contribution < -0.4 is 5.32 Å². The summed E-state index contributed by atoms with van der Waals surface area (Å²) in [5.74, 6) is 0.884. The SMILES string of the molecule is Cc1nsc2ncnc(NCC(C)N(C)C)c12. The second-order valence-corrected chi connectivity index (χ2v) is 5.12. The molecule has 2 aromatic rings. The van der Waals surface area contributed by atoms with Crippen molar-refractivity contribution in [3.8, 4) is 0 Å². The molecule has 0 fully saturated rings. The van der Waals surface area contributed by atoms with Crippen LogP contribution in [0.5, 0.6) is 0 Å². The number of rotatable bonds is 4. The summed E-state index contributed by atoms with van der Waals surface area (Å²) in [6, 6.07) is 0.451. The molecule has 1 unspecified atom stereocenters. The molecule has 0 bridgehead atoms. The smallest absolute Gasteiger partial charge is 0.149 e. The van der Waals surface area contributed by atoms with Gasteiger partial charge in [-0.15, -0.1) is 0 Å². The van der Waals surface area contributed by atoms with Crippen LogP contribution in [0.1, 0.15) is 12.6 Å². The molecule has 1 atom stereocenters. The zero-order valence-corrected chi connectivity index (χ0v) is 11.4. The topological polar surface area (TPSA) is 53.9 Å². The van der Waals surface area contributed by atoms with Crippen LogP contribution in [0.4, 0.5) is 5.82 Å². The average Bonchev–Trinajstić information content (AvgIpc) is 2.68. The van der Waals surface area contributed by atoms with Crippen LogP contribution in [0.3, 0.4) is 0 Å². The lowest BCUT2D eigenvalue weighted by molar-refractivity contribution is 0.326. The van der Waals surface area contributed by atoms with E-state index in [-0.39, 0.29) is 0 Å². The maximum absolute atomic E-state index is 4.31. The lowest BCUT2D eigenvalue weighted by atomic mass is 10.3. The Morgan fingerprint density at radius 3 is 2.88 bits per heavy atom. The Labute approximate surface area is 105 Å².